The Hall–Kier alpha value is -2.36. The first-order valence-electron chi connectivity index (χ1n) is 8.11. The lowest BCUT2D eigenvalue weighted by Crippen LogP contribution is -2.44. The van der Waals surface area contributed by atoms with Gasteiger partial charge in [0.05, 0.1) is 27.3 Å². The standard InChI is InChI=1S/C18H13Cl2FN4O/c19-13-5-9(8-22)15(7-14(13)20)24-18(26)25-10-1-2-16(25)11-3-4-23-17(21)12(11)6-10/h3-5,7,10,16H,1-2,6H2,(H,24,26)/t10-,16+/m0/s1. The maximum Gasteiger partial charge on any atom is 0.322 e. The summed E-state index contributed by atoms with van der Waals surface area (Å²) in [6.07, 6.45) is 3.42. The number of halogens is 3. The number of carbonyl (C=O) groups is 1. The van der Waals surface area contributed by atoms with E-state index in [1.54, 1.807) is 11.0 Å². The van der Waals surface area contributed by atoms with Crippen LogP contribution in [-0.4, -0.2) is 22.0 Å². The van der Waals surface area contributed by atoms with Gasteiger partial charge in [-0.15, -0.1) is 0 Å². The van der Waals surface area contributed by atoms with E-state index >= 15 is 0 Å². The van der Waals surface area contributed by atoms with Crippen molar-refractivity contribution in [1.29, 1.82) is 5.26 Å². The summed E-state index contributed by atoms with van der Waals surface area (Å²) in [6.45, 7) is 0. The van der Waals surface area contributed by atoms with Crippen LogP contribution >= 0.6 is 23.2 Å². The first-order valence-corrected chi connectivity index (χ1v) is 8.87. The first kappa shape index (κ1) is 17.1. The number of pyridine rings is 1. The van der Waals surface area contributed by atoms with Gasteiger partial charge in [0.25, 0.3) is 0 Å². The second-order valence-corrected chi connectivity index (χ2v) is 7.20. The molecule has 0 radical (unpaired) electrons. The van der Waals surface area contributed by atoms with Crippen LogP contribution in [-0.2, 0) is 6.42 Å². The second-order valence-electron chi connectivity index (χ2n) is 6.38. The van der Waals surface area contributed by atoms with Crippen molar-refractivity contribution in [3.05, 3.63) is 57.1 Å². The number of aromatic nitrogens is 1. The van der Waals surface area contributed by atoms with Crippen molar-refractivity contribution in [3.8, 4) is 6.07 Å². The molecule has 0 aliphatic carbocycles. The van der Waals surface area contributed by atoms with Crippen molar-refractivity contribution in [2.75, 3.05) is 5.32 Å². The summed E-state index contributed by atoms with van der Waals surface area (Å²) in [5.74, 6) is -0.462. The molecule has 1 N–H and O–H groups in total. The Morgan fingerprint density at radius 1 is 1.35 bits per heavy atom. The third-order valence-corrected chi connectivity index (χ3v) is 5.72. The van der Waals surface area contributed by atoms with Gasteiger partial charge in [-0.1, -0.05) is 23.2 Å². The highest BCUT2D eigenvalue weighted by atomic mass is 35.5. The van der Waals surface area contributed by atoms with E-state index in [2.05, 4.69) is 10.3 Å². The summed E-state index contributed by atoms with van der Waals surface area (Å²) in [5.41, 5.74) is 1.93. The molecule has 1 fully saturated rings. The fourth-order valence-corrected chi connectivity index (χ4v) is 4.18. The number of nitrogens with one attached hydrogen (secondary N) is 1. The Bertz CT molecular complexity index is 959. The van der Waals surface area contributed by atoms with Gasteiger partial charge in [0.15, 0.2) is 0 Å². The number of rotatable bonds is 1. The third-order valence-electron chi connectivity index (χ3n) is 5.00. The van der Waals surface area contributed by atoms with Gasteiger partial charge in [-0.2, -0.15) is 9.65 Å². The minimum absolute atomic E-state index is 0.0977. The molecule has 2 aromatic rings. The number of nitrogens with zero attached hydrogens (tertiary/aromatic N) is 3. The predicted molar refractivity (Wildman–Crippen MR) is 95.7 cm³/mol. The lowest BCUT2D eigenvalue weighted by Gasteiger charge is -2.36. The highest BCUT2D eigenvalue weighted by Gasteiger charge is 2.43. The van der Waals surface area contributed by atoms with E-state index in [1.807, 2.05) is 6.07 Å². The van der Waals surface area contributed by atoms with Crippen LogP contribution in [0.15, 0.2) is 24.4 Å². The SMILES string of the molecule is N#Cc1cc(Cl)c(Cl)cc1NC(=O)N1[C@H]2CC[C@@H]1c1ccnc(F)c1C2. The van der Waals surface area contributed by atoms with Gasteiger partial charge < -0.3 is 10.2 Å². The maximum absolute atomic E-state index is 14.0. The highest BCUT2D eigenvalue weighted by molar-refractivity contribution is 6.42. The normalized spacial score (nSPS) is 20.5. The summed E-state index contributed by atoms with van der Waals surface area (Å²) in [4.78, 5) is 18.4. The molecule has 8 heteroatoms. The van der Waals surface area contributed by atoms with Crippen LogP contribution in [0.1, 0.15) is 35.6 Å². The summed E-state index contributed by atoms with van der Waals surface area (Å²) < 4.78 is 14.0. The molecule has 2 amide bonds. The van der Waals surface area contributed by atoms with Crippen LogP contribution < -0.4 is 5.32 Å². The van der Waals surface area contributed by atoms with Crippen molar-refractivity contribution in [2.45, 2.75) is 31.3 Å². The lowest BCUT2D eigenvalue weighted by atomic mass is 9.95. The van der Waals surface area contributed by atoms with E-state index in [4.69, 9.17) is 23.2 Å². The molecular weight excluding hydrogens is 378 g/mol. The van der Waals surface area contributed by atoms with Gasteiger partial charge in [0.2, 0.25) is 5.95 Å². The van der Waals surface area contributed by atoms with Gasteiger partial charge in [0, 0.05) is 17.8 Å². The summed E-state index contributed by atoms with van der Waals surface area (Å²) in [7, 11) is 0. The zero-order chi connectivity index (χ0) is 18.4. The van der Waals surface area contributed by atoms with Crippen molar-refractivity contribution >= 4 is 34.9 Å². The lowest BCUT2D eigenvalue weighted by molar-refractivity contribution is 0.178. The molecule has 2 atom stereocenters. The molecule has 26 heavy (non-hydrogen) atoms. The van der Waals surface area contributed by atoms with Gasteiger partial charge in [-0.25, -0.2) is 9.78 Å². The number of anilines is 1. The van der Waals surface area contributed by atoms with E-state index in [-0.39, 0.29) is 33.7 Å². The van der Waals surface area contributed by atoms with Gasteiger partial charge in [-0.3, -0.25) is 0 Å². The molecule has 1 saturated heterocycles. The third kappa shape index (κ3) is 2.68. The molecule has 2 bridgehead atoms. The minimum atomic E-state index is -0.462. The molecule has 0 unspecified atom stereocenters. The number of amides is 2. The molecule has 132 valence electrons. The first-order chi connectivity index (χ1) is 12.5. The Morgan fingerprint density at radius 3 is 2.88 bits per heavy atom. The summed E-state index contributed by atoms with van der Waals surface area (Å²) in [6, 6.07) is 6.01. The van der Waals surface area contributed by atoms with E-state index in [0.29, 0.717) is 17.7 Å². The van der Waals surface area contributed by atoms with E-state index < -0.39 is 5.95 Å². The van der Waals surface area contributed by atoms with E-state index in [0.717, 1.165) is 18.4 Å². The maximum atomic E-state index is 14.0. The monoisotopic (exact) mass is 390 g/mol. The Labute approximate surface area is 159 Å². The topological polar surface area (TPSA) is 69.0 Å². The van der Waals surface area contributed by atoms with E-state index in [9.17, 15) is 14.4 Å². The molecule has 3 heterocycles. The fourth-order valence-electron chi connectivity index (χ4n) is 3.85. The van der Waals surface area contributed by atoms with Crippen LogP contribution in [0, 0.1) is 17.3 Å². The Morgan fingerprint density at radius 2 is 2.12 bits per heavy atom. The Kier molecular flexibility index (Phi) is 4.22. The quantitative estimate of drug-likeness (QED) is 0.717. The van der Waals surface area contributed by atoms with Crippen LogP contribution in [0.2, 0.25) is 10.0 Å². The molecular formula is C18H13Cl2FN4O. The van der Waals surface area contributed by atoms with Crippen LogP contribution in [0.5, 0.6) is 0 Å². The minimum Gasteiger partial charge on any atom is -0.314 e. The highest BCUT2D eigenvalue weighted by Crippen LogP contribution is 2.44. The number of carbonyl (C=O) groups excluding carboxylic acids is 1. The number of benzene rings is 1. The molecule has 0 saturated carbocycles. The average Bonchev–Trinajstić information content (AvgIpc) is 2.94. The number of hydrogen-bond donors (Lipinski definition) is 1. The number of hydrogen-bond acceptors (Lipinski definition) is 3. The molecule has 2 aliphatic heterocycles. The Balaban J connectivity index is 1.65. The number of urea groups is 1. The molecule has 0 spiro atoms. The smallest absolute Gasteiger partial charge is 0.314 e. The number of nitriles is 1. The van der Waals surface area contributed by atoms with Crippen molar-refractivity contribution in [3.63, 3.8) is 0 Å². The molecule has 2 aliphatic rings. The average molecular weight is 391 g/mol. The van der Waals surface area contributed by atoms with Crippen molar-refractivity contribution < 1.29 is 9.18 Å². The van der Waals surface area contributed by atoms with Gasteiger partial charge in [-0.05, 0) is 43.0 Å². The summed E-state index contributed by atoms with van der Waals surface area (Å²) in [5, 5.41) is 12.5. The molecule has 5 nitrogen and oxygen atoms in total. The molecule has 1 aromatic carbocycles. The zero-order valence-electron chi connectivity index (χ0n) is 13.5. The molecule has 1 aromatic heterocycles. The van der Waals surface area contributed by atoms with Crippen molar-refractivity contribution in [2.24, 2.45) is 0 Å². The zero-order valence-corrected chi connectivity index (χ0v) is 15.0. The van der Waals surface area contributed by atoms with Crippen molar-refractivity contribution in [1.82, 2.24) is 9.88 Å². The molecule has 4 rings (SSSR count). The van der Waals surface area contributed by atoms with Crippen LogP contribution in [0.25, 0.3) is 0 Å². The van der Waals surface area contributed by atoms with Crippen LogP contribution in [0.4, 0.5) is 14.9 Å². The second kappa shape index (κ2) is 6.42. The number of fused-ring (bicyclic) bond motifs is 4. The fraction of sp³-hybridized carbons (Fsp3) is 0.278. The predicted octanol–water partition coefficient (Wildman–Crippen LogP) is 4.69. The van der Waals surface area contributed by atoms with Gasteiger partial charge >= 0.3 is 6.03 Å². The van der Waals surface area contributed by atoms with Gasteiger partial charge in [0.1, 0.15) is 6.07 Å². The largest absolute Gasteiger partial charge is 0.322 e. The van der Waals surface area contributed by atoms with Crippen LogP contribution in [0.3, 0.4) is 0 Å². The summed E-state index contributed by atoms with van der Waals surface area (Å²) >= 11 is 11.9. The van der Waals surface area contributed by atoms with E-state index in [1.165, 1.54) is 18.3 Å².